The summed E-state index contributed by atoms with van der Waals surface area (Å²) in [6, 6.07) is 0.773. The van der Waals surface area contributed by atoms with E-state index in [0.29, 0.717) is 0 Å². The van der Waals surface area contributed by atoms with Crippen LogP contribution in [0.15, 0.2) is 0 Å². The van der Waals surface area contributed by atoms with Crippen LogP contribution in [0, 0.1) is 17.8 Å². The van der Waals surface area contributed by atoms with Gasteiger partial charge in [0.2, 0.25) is 0 Å². The van der Waals surface area contributed by atoms with Crippen molar-refractivity contribution in [2.45, 2.75) is 58.9 Å². The van der Waals surface area contributed by atoms with E-state index in [2.05, 4.69) is 33.1 Å². The molecule has 0 amide bonds. The minimum absolute atomic E-state index is 0.773. The minimum atomic E-state index is 0.773. The molecule has 1 heteroatoms. The van der Waals surface area contributed by atoms with Crippen LogP contribution in [-0.4, -0.2) is 13.1 Å². The monoisotopic (exact) mass is 197 g/mol. The van der Waals surface area contributed by atoms with Gasteiger partial charge in [0.05, 0.1) is 0 Å². The van der Waals surface area contributed by atoms with Gasteiger partial charge in [-0.05, 0) is 37.6 Å². The Morgan fingerprint density at radius 3 is 2.21 bits per heavy atom. The third-order valence-electron chi connectivity index (χ3n) is 4.13. The fraction of sp³-hybridized carbons (Fsp3) is 1.00. The van der Waals surface area contributed by atoms with E-state index in [1.165, 1.54) is 32.1 Å². The van der Waals surface area contributed by atoms with Crippen molar-refractivity contribution >= 4 is 0 Å². The Morgan fingerprint density at radius 1 is 1.21 bits per heavy atom. The zero-order valence-corrected chi connectivity index (χ0v) is 10.3. The Bertz CT molecular complexity index is 151. The maximum atomic E-state index is 3.57. The maximum absolute atomic E-state index is 3.57. The SMILES string of the molecule is CCC(CC)C(NC)C1CCC(C)C1. The van der Waals surface area contributed by atoms with E-state index in [9.17, 15) is 0 Å². The van der Waals surface area contributed by atoms with Crippen LogP contribution in [0.25, 0.3) is 0 Å². The highest BCUT2D eigenvalue weighted by Crippen LogP contribution is 2.36. The van der Waals surface area contributed by atoms with Crippen molar-refractivity contribution in [2.75, 3.05) is 7.05 Å². The van der Waals surface area contributed by atoms with E-state index in [-0.39, 0.29) is 0 Å². The van der Waals surface area contributed by atoms with E-state index < -0.39 is 0 Å². The maximum Gasteiger partial charge on any atom is 0.0120 e. The predicted molar refractivity (Wildman–Crippen MR) is 63.4 cm³/mol. The largest absolute Gasteiger partial charge is 0.316 e. The summed E-state index contributed by atoms with van der Waals surface area (Å²) < 4.78 is 0. The van der Waals surface area contributed by atoms with Gasteiger partial charge in [0, 0.05) is 6.04 Å². The lowest BCUT2D eigenvalue weighted by molar-refractivity contribution is 0.255. The molecule has 0 spiro atoms. The van der Waals surface area contributed by atoms with Gasteiger partial charge >= 0.3 is 0 Å². The van der Waals surface area contributed by atoms with Gasteiger partial charge in [-0.25, -0.2) is 0 Å². The smallest absolute Gasteiger partial charge is 0.0120 e. The fourth-order valence-corrected chi connectivity index (χ4v) is 3.23. The number of rotatable bonds is 5. The highest BCUT2D eigenvalue weighted by atomic mass is 14.9. The van der Waals surface area contributed by atoms with Gasteiger partial charge in [0.15, 0.2) is 0 Å². The van der Waals surface area contributed by atoms with Crippen molar-refractivity contribution in [3.05, 3.63) is 0 Å². The second kappa shape index (κ2) is 5.75. The first kappa shape index (κ1) is 12.0. The van der Waals surface area contributed by atoms with Crippen molar-refractivity contribution in [1.29, 1.82) is 0 Å². The lowest BCUT2D eigenvalue weighted by Crippen LogP contribution is -2.39. The molecule has 1 aliphatic rings. The lowest BCUT2D eigenvalue weighted by Gasteiger charge is -2.30. The van der Waals surface area contributed by atoms with Gasteiger partial charge in [-0.2, -0.15) is 0 Å². The second-order valence-corrected chi connectivity index (χ2v) is 5.07. The van der Waals surface area contributed by atoms with E-state index in [1.807, 2.05) is 0 Å². The van der Waals surface area contributed by atoms with E-state index in [4.69, 9.17) is 0 Å². The predicted octanol–water partition coefficient (Wildman–Crippen LogP) is 3.45. The summed E-state index contributed by atoms with van der Waals surface area (Å²) in [4.78, 5) is 0. The van der Waals surface area contributed by atoms with Crippen LogP contribution >= 0.6 is 0 Å². The molecule has 1 saturated carbocycles. The molecule has 0 heterocycles. The van der Waals surface area contributed by atoms with Crippen LogP contribution in [0.4, 0.5) is 0 Å². The van der Waals surface area contributed by atoms with Crippen LogP contribution in [-0.2, 0) is 0 Å². The Hall–Kier alpha value is -0.0400. The van der Waals surface area contributed by atoms with Crippen LogP contribution in [0.3, 0.4) is 0 Å². The van der Waals surface area contributed by atoms with Gasteiger partial charge in [0.1, 0.15) is 0 Å². The summed E-state index contributed by atoms with van der Waals surface area (Å²) in [7, 11) is 2.14. The zero-order chi connectivity index (χ0) is 10.6. The number of hydrogen-bond acceptors (Lipinski definition) is 1. The molecule has 0 radical (unpaired) electrons. The highest BCUT2D eigenvalue weighted by Gasteiger charge is 2.31. The summed E-state index contributed by atoms with van der Waals surface area (Å²) in [5.74, 6) is 2.79. The van der Waals surface area contributed by atoms with Gasteiger partial charge in [-0.15, -0.1) is 0 Å². The second-order valence-electron chi connectivity index (χ2n) is 5.07. The molecule has 0 bridgehead atoms. The standard InChI is InChI=1S/C13H27N/c1-5-11(6-2)13(14-4)12-8-7-10(3)9-12/h10-14H,5-9H2,1-4H3. The van der Waals surface area contributed by atoms with Crippen molar-refractivity contribution in [3.8, 4) is 0 Å². The highest BCUT2D eigenvalue weighted by molar-refractivity contribution is 4.86. The van der Waals surface area contributed by atoms with Crippen molar-refractivity contribution in [3.63, 3.8) is 0 Å². The molecule has 1 N–H and O–H groups in total. The quantitative estimate of drug-likeness (QED) is 0.712. The molecule has 1 nitrogen and oxygen atoms in total. The molecule has 3 atom stereocenters. The summed E-state index contributed by atoms with van der Waals surface area (Å²) in [5.41, 5.74) is 0. The summed E-state index contributed by atoms with van der Waals surface area (Å²) >= 11 is 0. The Labute approximate surface area is 89.7 Å². The molecule has 1 fully saturated rings. The number of hydrogen-bond donors (Lipinski definition) is 1. The minimum Gasteiger partial charge on any atom is -0.316 e. The third kappa shape index (κ3) is 2.73. The summed E-state index contributed by atoms with van der Waals surface area (Å²) in [6.45, 7) is 7.06. The first-order valence-corrected chi connectivity index (χ1v) is 6.40. The summed E-state index contributed by atoms with van der Waals surface area (Å²) in [6.07, 6.45) is 6.99. The summed E-state index contributed by atoms with van der Waals surface area (Å²) in [5, 5.41) is 3.57. The molecular weight excluding hydrogens is 170 g/mol. The van der Waals surface area contributed by atoms with Crippen LogP contribution in [0.1, 0.15) is 52.9 Å². The first-order chi connectivity index (χ1) is 6.72. The van der Waals surface area contributed by atoms with Gasteiger partial charge in [0.25, 0.3) is 0 Å². The van der Waals surface area contributed by atoms with E-state index in [0.717, 1.165) is 23.8 Å². The van der Waals surface area contributed by atoms with Gasteiger partial charge in [-0.3, -0.25) is 0 Å². The average molecular weight is 197 g/mol. The van der Waals surface area contributed by atoms with Crippen LogP contribution < -0.4 is 5.32 Å². The van der Waals surface area contributed by atoms with Crippen LogP contribution in [0.5, 0.6) is 0 Å². The van der Waals surface area contributed by atoms with Crippen molar-refractivity contribution < 1.29 is 0 Å². The Morgan fingerprint density at radius 2 is 1.86 bits per heavy atom. The normalized spacial score (nSPS) is 29.8. The molecule has 1 rings (SSSR count). The molecule has 14 heavy (non-hydrogen) atoms. The van der Waals surface area contributed by atoms with E-state index >= 15 is 0 Å². The van der Waals surface area contributed by atoms with Crippen molar-refractivity contribution in [2.24, 2.45) is 17.8 Å². The molecule has 0 aliphatic heterocycles. The molecule has 0 aromatic heterocycles. The van der Waals surface area contributed by atoms with Gasteiger partial charge in [-0.1, -0.05) is 40.0 Å². The Balaban J connectivity index is 2.52. The molecule has 1 aliphatic carbocycles. The van der Waals surface area contributed by atoms with Crippen LogP contribution in [0.2, 0.25) is 0 Å². The molecule has 0 aromatic rings. The molecular formula is C13H27N. The topological polar surface area (TPSA) is 12.0 Å². The first-order valence-electron chi connectivity index (χ1n) is 6.40. The van der Waals surface area contributed by atoms with Gasteiger partial charge < -0.3 is 5.32 Å². The fourth-order valence-electron chi connectivity index (χ4n) is 3.23. The molecule has 3 unspecified atom stereocenters. The molecule has 0 saturated heterocycles. The average Bonchev–Trinajstić information content (AvgIpc) is 2.60. The van der Waals surface area contributed by atoms with Crippen molar-refractivity contribution in [1.82, 2.24) is 5.32 Å². The Kier molecular flexibility index (Phi) is 4.94. The molecule has 0 aromatic carbocycles. The zero-order valence-electron chi connectivity index (χ0n) is 10.3. The lowest BCUT2D eigenvalue weighted by atomic mass is 9.83. The third-order valence-corrected chi connectivity index (χ3v) is 4.13. The van der Waals surface area contributed by atoms with E-state index in [1.54, 1.807) is 0 Å². The molecule has 84 valence electrons. The number of nitrogens with one attached hydrogen (secondary N) is 1.